The average Bonchev–Trinajstić information content (AvgIpc) is 2.76. The second-order valence-corrected chi connectivity index (χ2v) is 8.91. The Hall–Kier alpha value is -3.22. The molecule has 0 aliphatic carbocycles. The number of rotatable bonds is 7. The lowest BCUT2D eigenvalue weighted by molar-refractivity contribution is -0.121. The van der Waals surface area contributed by atoms with E-state index in [2.05, 4.69) is 20.9 Å². The molecule has 1 aliphatic rings. The maximum Gasteiger partial charge on any atom is 0.262 e. The zero-order valence-corrected chi connectivity index (χ0v) is 18.0. The van der Waals surface area contributed by atoms with Crippen molar-refractivity contribution in [2.24, 2.45) is 5.92 Å². The number of nitrogens with one attached hydrogen (secondary N) is 2. The van der Waals surface area contributed by atoms with Crippen LogP contribution >= 0.6 is 0 Å². The standard InChI is InChI=1S/C22H25N3O5S/c1-3-12-25-13-10-16(11-14-25)22(27)23-19-15-17(8-9-20(19)26)31(28,29)24-18-6-4-5-7-21(18)30-2/h1,4-9,15-16,24,26H,10-14H2,2H3,(H,23,27). The summed E-state index contributed by atoms with van der Waals surface area (Å²) in [5, 5.41) is 12.8. The number of sulfonamides is 1. The quantitative estimate of drug-likeness (QED) is 0.448. The number of amides is 1. The highest BCUT2D eigenvalue weighted by Gasteiger charge is 2.26. The third-order valence-corrected chi connectivity index (χ3v) is 6.52. The molecule has 2 aromatic rings. The molecule has 3 N–H and O–H groups in total. The zero-order valence-electron chi connectivity index (χ0n) is 17.2. The van der Waals surface area contributed by atoms with Gasteiger partial charge in [-0.1, -0.05) is 18.1 Å². The molecule has 0 atom stereocenters. The number of methoxy groups -OCH3 is 1. The van der Waals surface area contributed by atoms with Gasteiger partial charge in [0.05, 0.1) is 29.9 Å². The third kappa shape index (κ3) is 5.48. The number of likely N-dealkylation sites (tertiary alicyclic amines) is 1. The van der Waals surface area contributed by atoms with Gasteiger partial charge in [-0.15, -0.1) is 6.42 Å². The number of anilines is 2. The molecule has 164 valence electrons. The van der Waals surface area contributed by atoms with Crippen LogP contribution in [0.5, 0.6) is 11.5 Å². The van der Waals surface area contributed by atoms with Crippen molar-refractivity contribution >= 4 is 27.3 Å². The van der Waals surface area contributed by atoms with Crippen LogP contribution in [0, 0.1) is 18.3 Å². The number of phenolic OH excluding ortho intramolecular Hbond substituents is 1. The number of carbonyl (C=O) groups is 1. The summed E-state index contributed by atoms with van der Waals surface area (Å²) in [4.78, 5) is 14.7. The van der Waals surface area contributed by atoms with Crippen molar-refractivity contribution in [1.29, 1.82) is 0 Å². The van der Waals surface area contributed by atoms with Gasteiger partial charge in [-0.3, -0.25) is 14.4 Å². The number of benzene rings is 2. The maximum atomic E-state index is 12.8. The summed E-state index contributed by atoms with van der Waals surface area (Å²) in [7, 11) is -2.53. The summed E-state index contributed by atoms with van der Waals surface area (Å²) in [6, 6.07) is 10.3. The smallest absolute Gasteiger partial charge is 0.262 e. The molecule has 1 saturated heterocycles. The van der Waals surface area contributed by atoms with Crippen LogP contribution in [0.4, 0.5) is 11.4 Å². The van der Waals surface area contributed by atoms with Crippen LogP contribution in [0.15, 0.2) is 47.4 Å². The fourth-order valence-corrected chi connectivity index (χ4v) is 4.53. The Morgan fingerprint density at radius 1 is 1.23 bits per heavy atom. The first-order valence-electron chi connectivity index (χ1n) is 9.79. The molecule has 2 aromatic carbocycles. The van der Waals surface area contributed by atoms with E-state index in [4.69, 9.17) is 11.2 Å². The Balaban J connectivity index is 1.74. The number of ether oxygens (including phenoxy) is 1. The topological polar surface area (TPSA) is 108 Å². The Morgan fingerprint density at radius 2 is 1.94 bits per heavy atom. The minimum atomic E-state index is -3.98. The van der Waals surface area contributed by atoms with E-state index in [0.29, 0.717) is 38.2 Å². The number of phenols is 1. The van der Waals surface area contributed by atoms with E-state index in [0.717, 1.165) is 0 Å². The first-order chi connectivity index (χ1) is 14.8. The van der Waals surface area contributed by atoms with Crippen LogP contribution < -0.4 is 14.8 Å². The maximum absolute atomic E-state index is 12.8. The van der Waals surface area contributed by atoms with Crippen molar-refractivity contribution in [2.75, 3.05) is 36.8 Å². The van der Waals surface area contributed by atoms with E-state index in [1.807, 2.05) is 0 Å². The monoisotopic (exact) mass is 443 g/mol. The van der Waals surface area contributed by atoms with Crippen LogP contribution in [0.2, 0.25) is 0 Å². The summed E-state index contributed by atoms with van der Waals surface area (Å²) in [5.74, 6) is 2.25. The lowest BCUT2D eigenvalue weighted by atomic mass is 9.96. The zero-order chi connectivity index (χ0) is 22.4. The Bertz CT molecular complexity index is 1090. The minimum Gasteiger partial charge on any atom is -0.506 e. The highest BCUT2D eigenvalue weighted by atomic mass is 32.2. The number of carbonyl (C=O) groups excluding carboxylic acids is 1. The lowest BCUT2D eigenvalue weighted by Crippen LogP contribution is -2.38. The highest BCUT2D eigenvalue weighted by molar-refractivity contribution is 7.92. The van der Waals surface area contributed by atoms with Crippen LogP contribution in [-0.4, -0.2) is 51.1 Å². The minimum absolute atomic E-state index is 0.0407. The molecule has 0 bridgehead atoms. The predicted octanol–water partition coefficient (Wildman–Crippen LogP) is 2.49. The molecule has 1 amide bonds. The van der Waals surface area contributed by atoms with Crippen molar-refractivity contribution in [3.63, 3.8) is 0 Å². The SMILES string of the molecule is C#CCN1CCC(C(=O)Nc2cc(S(=O)(=O)Nc3ccccc3OC)ccc2O)CC1. The molecular formula is C22H25N3O5S. The van der Waals surface area contributed by atoms with Crippen molar-refractivity contribution in [3.8, 4) is 23.8 Å². The molecule has 1 fully saturated rings. The molecule has 0 spiro atoms. The van der Waals surface area contributed by atoms with Crippen LogP contribution in [0.25, 0.3) is 0 Å². The normalized spacial score (nSPS) is 15.1. The largest absolute Gasteiger partial charge is 0.506 e. The summed E-state index contributed by atoms with van der Waals surface area (Å²) in [6.45, 7) is 1.98. The van der Waals surface area contributed by atoms with Gasteiger partial charge in [0, 0.05) is 5.92 Å². The van der Waals surface area contributed by atoms with E-state index < -0.39 is 10.0 Å². The Morgan fingerprint density at radius 3 is 2.61 bits per heavy atom. The number of hydrogen-bond donors (Lipinski definition) is 3. The molecular weight excluding hydrogens is 418 g/mol. The van der Waals surface area contributed by atoms with Gasteiger partial charge in [0.2, 0.25) is 5.91 Å². The van der Waals surface area contributed by atoms with E-state index >= 15 is 0 Å². The molecule has 0 saturated carbocycles. The summed E-state index contributed by atoms with van der Waals surface area (Å²) >= 11 is 0. The third-order valence-electron chi connectivity index (χ3n) is 5.16. The lowest BCUT2D eigenvalue weighted by Gasteiger charge is -2.29. The second-order valence-electron chi connectivity index (χ2n) is 7.23. The number of hydrogen-bond acceptors (Lipinski definition) is 6. The number of terminal acetylenes is 1. The van der Waals surface area contributed by atoms with Gasteiger partial charge < -0.3 is 15.2 Å². The van der Waals surface area contributed by atoms with Crippen molar-refractivity contribution < 1.29 is 23.1 Å². The summed E-state index contributed by atoms with van der Waals surface area (Å²) in [6.07, 6.45) is 6.61. The van der Waals surface area contributed by atoms with E-state index in [1.54, 1.807) is 24.3 Å². The van der Waals surface area contributed by atoms with Gasteiger partial charge in [0.25, 0.3) is 10.0 Å². The van der Waals surface area contributed by atoms with Crippen molar-refractivity contribution in [2.45, 2.75) is 17.7 Å². The molecule has 1 aliphatic heterocycles. The van der Waals surface area contributed by atoms with E-state index in [1.165, 1.54) is 25.3 Å². The van der Waals surface area contributed by atoms with E-state index in [9.17, 15) is 18.3 Å². The van der Waals surface area contributed by atoms with Gasteiger partial charge in [-0.05, 0) is 56.3 Å². The number of para-hydroxylation sites is 2. The summed E-state index contributed by atoms with van der Waals surface area (Å²) in [5.41, 5.74) is 0.321. The van der Waals surface area contributed by atoms with Gasteiger partial charge in [-0.25, -0.2) is 8.42 Å². The van der Waals surface area contributed by atoms with Crippen molar-refractivity contribution in [3.05, 3.63) is 42.5 Å². The first-order valence-corrected chi connectivity index (χ1v) is 11.3. The number of nitrogens with zero attached hydrogens (tertiary/aromatic N) is 1. The first kappa shape index (κ1) is 22.5. The van der Waals surface area contributed by atoms with Gasteiger partial charge in [0.1, 0.15) is 11.5 Å². The molecule has 9 heteroatoms. The average molecular weight is 444 g/mol. The predicted molar refractivity (Wildman–Crippen MR) is 119 cm³/mol. The van der Waals surface area contributed by atoms with E-state index in [-0.39, 0.29) is 33.8 Å². The molecule has 0 radical (unpaired) electrons. The van der Waals surface area contributed by atoms with Gasteiger partial charge in [0.15, 0.2) is 0 Å². The van der Waals surface area contributed by atoms with Crippen molar-refractivity contribution in [1.82, 2.24) is 4.90 Å². The Kier molecular flexibility index (Phi) is 7.05. The molecule has 31 heavy (non-hydrogen) atoms. The Labute approximate surface area is 182 Å². The second kappa shape index (κ2) is 9.73. The van der Waals surface area contributed by atoms with Gasteiger partial charge in [-0.2, -0.15) is 0 Å². The summed E-state index contributed by atoms with van der Waals surface area (Å²) < 4.78 is 33.3. The van der Waals surface area contributed by atoms with Gasteiger partial charge >= 0.3 is 0 Å². The fourth-order valence-electron chi connectivity index (χ4n) is 3.43. The molecule has 1 heterocycles. The molecule has 3 rings (SSSR count). The molecule has 8 nitrogen and oxygen atoms in total. The highest BCUT2D eigenvalue weighted by Crippen LogP contribution is 2.31. The molecule has 0 aromatic heterocycles. The molecule has 0 unspecified atom stereocenters. The number of aromatic hydroxyl groups is 1. The fraction of sp³-hybridized carbons (Fsp3) is 0.318. The van der Waals surface area contributed by atoms with Crippen LogP contribution in [0.1, 0.15) is 12.8 Å². The number of piperidine rings is 1. The van der Waals surface area contributed by atoms with Crippen LogP contribution in [-0.2, 0) is 14.8 Å². The van der Waals surface area contributed by atoms with Crippen LogP contribution in [0.3, 0.4) is 0 Å².